The maximum absolute atomic E-state index is 13.2. The lowest BCUT2D eigenvalue weighted by atomic mass is 9.97. The SMILES string of the molecule is N#Cc1c(N)nc(SCc2csc(Nc3ccc(F)cc3)n2)c(C#N)c1-c1ccc(O[C@H]2CCC[C@@H]2O)cc1. The highest BCUT2D eigenvalue weighted by Crippen LogP contribution is 2.38. The van der Waals surface area contributed by atoms with Crippen molar-refractivity contribution in [3.63, 3.8) is 0 Å². The molecule has 11 heteroatoms. The molecule has 0 amide bonds. The first kappa shape index (κ1) is 26.4. The van der Waals surface area contributed by atoms with Gasteiger partial charge < -0.3 is 20.9 Å². The highest BCUT2D eigenvalue weighted by atomic mass is 32.2. The lowest BCUT2D eigenvalue weighted by molar-refractivity contribution is 0.0604. The molecule has 0 saturated heterocycles. The largest absolute Gasteiger partial charge is 0.488 e. The number of hydrogen-bond acceptors (Lipinski definition) is 10. The third kappa shape index (κ3) is 5.96. The normalized spacial score (nSPS) is 16.4. The summed E-state index contributed by atoms with van der Waals surface area (Å²) in [6.45, 7) is 0. The van der Waals surface area contributed by atoms with E-state index in [-0.39, 0.29) is 28.9 Å². The fourth-order valence-corrected chi connectivity index (χ4v) is 6.06. The first-order chi connectivity index (χ1) is 18.9. The van der Waals surface area contributed by atoms with Gasteiger partial charge in [-0.2, -0.15) is 10.5 Å². The molecular formula is C28H23FN6O2S2. The maximum Gasteiger partial charge on any atom is 0.187 e. The van der Waals surface area contributed by atoms with Crippen LogP contribution in [0.1, 0.15) is 36.1 Å². The molecule has 2 heterocycles. The number of nitrogens with zero attached hydrogens (tertiary/aromatic N) is 4. The molecule has 39 heavy (non-hydrogen) atoms. The summed E-state index contributed by atoms with van der Waals surface area (Å²) in [5.41, 5.74) is 9.09. The van der Waals surface area contributed by atoms with Gasteiger partial charge in [0.05, 0.1) is 17.4 Å². The number of thiazole rings is 1. The molecule has 2 aromatic heterocycles. The van der Waals surface area contributed by atoms with Crippen LogP contribution in [0.3, 0.4) is 0 Å². The molecule has 1 aliphatic carbocycles. The first-order valence-corrected chi connectivity index (χ1v) is 14.0. The fourth-order valence-electron chi connectivity index (χ4n) is 4.34. The van der Waals surface area contributed by atoms with Crippen LogP contribution >= 0.6 is 23.1 Å². The van der Waals surface area contributed by atoms with E-state index >= 15 is 0 Å². The minimum atomic E-state index is -0.480. The minimum Gasteiger partial charge on any atom is -0.488 e. The zero-order valence-corrected chi connectivity index (χ0v) is 22.2. The number of thioether (sulfide) groups is 1. The number of rotatable bonds is 8. The van der Waals surface area contributed by atoms with Crippen LogP contribution in [0.25, 0.3) is 11.1 Å². The molecule has 1 saturated carbocycles. The average molecular weight is 559 g/mol. The number of aromatic nitrogens is 2. The second-order valence-electron chi connectivity index (χ2n) is 8.89. The maximum atomic E-state index is 13.2. The zero-order chi connectivity index (χ0) is 27.4. The highest BCUT2D eigenvalue weighted by Gasteiger charge is 2.27. The molecule has 1 aliphatic rings. The van der Waals surface area contributed by atoms with Gasteiger partial charge in [0.2, 0.25) is 0 Å². The third-order valence-electron chi connectivity index (χ3n) is 6.27. The van der Waals surface area contributed by atoms with Crippen LogP contribution in [0, 0.1) is 28.5 Å². The van der Waals surface area contributed by atoms with Gasteiger partial charge in [0, 0.05) is 22.4 Å². The van der Waals surface area contributed by atoms with Gasteiger partial charge in [-0.15, -0.1) is 11.3 Å². The number of hydrogen-bond donors (Lipinski definition) is 3. The molecule has 196 valence electrons. The average Bonchev–Trinajstić information content (AvgIpc) is 3.57. The molecule has 4 aromatic rings. The van der Waals surface area contributed by atoms with Crippen LogP contribution in [0.15, 0.2) is 58.9 Å². The number of ether oxygens (including phenoxy) is 1. The molecule has 0 unspecified atom stereocenters. The van der Waals surface area contributed by atoms with Gasteiger partial charge in [0.1, 0.15) is 46.2 Å². The highest BCUT2D eigenvalue weighted by molar-refractivity contribution is 7.98. The van der Waals surface area contributed by atoms with Crippen molar-refractivity contribution in [2.45, 2.75) is 42.2 Å². The van der Waals surface area contributed by atoms with Crippen LogP contribution in [0.4, 0.5) is 21.0 Å². The Morgan fingerprint density at radius 3 is 2.49 bits per heavy atom. The standard InChI is InChI=1S/C28H23FN6O2S2/c29-17-6-8-18(9-7-17)33-28-34-19(15-39-28)14-38-27-22(13-31)25(21(12-30)26(32)35-27)16-4-10-20(11-5-16)37-24-3-1-2-23(24)36/h4-11,15,23-24,36H,1-3,14H2,(H2,32,35)(H,33,34)/t23-,24-/m0/s1. The Labute approximate surface area is 232 Å². The summed E-state index contributed by atoms with van der Waals surface area (Å²) in [6, 6.07) is 17.4. The van der Waals surface area contributed by atoms with E-state index < -0.39 is 6.10 Å². The number of pyridine rings is 1. The lowest BCUT2D eigenvalue weighted by Gasteiger charge is -2.18. The number of anilines is 3. The van der Waals surface area contributed by atoms with Crippen LogP contribution in [0.5, 0.6) is 5.75 Å². The number of benzene rings is 2. The van der Waals surface area contributed by atoms with E-state index in [0.29, 0.717) is 32.8 Å². The van der Waals surface area contributed by atoms with E-state index in [0.717, 1.165) is 30.6 Å². The van der Waals surface area contributed by atoms with E-state index in [1.165, 1.54) is 35.2 Å². The van der Waals surface area contributed by atoms with E-state index in [2.05, 4.69) is 27.4 Å². The van der Waals surface area contributed by atoms with Gasteiger partial charge in [0.15, 0.2) is 5.13 Å². The predicted molar refractivity (Wildman–Crippen MR) is 149 cm³/mol. The van der Waals surface area contributed by atoms with Crippen molar-refractivity contribution >= 4 is 39.7 Å². The van der Waals surface area contributed by atoms with E-state index in [1.54, 1.807) is 36.4 Å². The summed E-state index contributed by atoms with van der Waals surface area (Å²) in [6.07, 6.45) is 1.72. The number of nitriles is 2. The van der Waals surface area contributed by atoms with E-state index in [4.69, 9.17) is 10.5 Å². The van der Waals surface area contributed by atoms with Gasteiger partial charge >= 0.3 is 0 Å². The summed E-state index contributed by atoms with van der Waals surface area (Å²) in [5.74, 6) is 0.754. The van der Waals surface area contributed by atoms with Crippen molar-refractivity contribution in [2.24, 2.45) is 0 Å². The Kier molecular flexibility index (Phi) is 7.94. The molecule has 0 spiro atoms. The molecule has 0 aliphatic heterocycles. The van der Waals surface area contributed by atoms with Crippen molar-refractivity contribution in [2.75, 3.05) is 11.1 Å². The Hall–Kier alpha value is -4.16. The fraction of sp³-hybridized carbons (Fsp3) is 0.214. The second-order valence-corrected chi connectivity index (χ2v) is 10.7. The van der Waals surface area contributed by atoms with Crippen molar-refractivity contribution in [3.05, 3.63) is 76.5 Å². The number of nitrogens with one attached hydrogen (secondary N) is 1. The van der Waals surface area contributed by atoms with Gasteiger partial charge in [0.25, 0.3) is 0 Å². The van der Waals surface area contributed by atoms with Crippen LogP contribution in [-0.2, 0) is 5.75 Å². The first-order valence-electron chi connectivity index (χ1n) is 12.1. The van der Waals surface area contributed by atoms with Gasteiger partial charge in [-0.05, 0) is 61.2 Å². The smallest absolute Gasteiger partial charge is 0.187 e. The van der Waals surface area contributed by atoms with E-state index in [9.17, 15) is 20.0 Å². The molecule has 4 N–H and O–H groups in total. The molecule has 2 aromatic carbocycles. The molecular weight excluding hydrogens is 535 g/mol. The van der Waals surface area contributed by atoms with Gasteiger partial charge in [-0.3, -0.25) is 0 Å². The summed E-state index contributed by atoms with van der Waals surface area (Å²) in [7, 11) is 0. The summed E-state index contributed by atoms with van der Waals surface area (Å²) >= 11 is 2.71. The molecule has 0 bridgehead atoms. The molecule has 8 nitrogen and oxygen atoms in total. The Morgan fingerprint density at radius 1 is 1.08 bits per heavy atom. The Balaban J connectivity index is 1.36. The predicted octanol–water partition coefficient (Wildman–Crippen LogP) is 6.00. The monoisotopic (exact) mass is 558 g/mol. The van der Waals surface area contributed by atoms with Crippen molar-refractivity contribution in [1.29, 1.82) is 10.5 Å². The number of nitrogens with two attached hydrogens (primary N) is 1. The molecule has 0 radical (unpaired) electrons. The third-order valence-corrected chi connectivity index (χ3v) is 8.08. The van der Waals surface area contributed by atoms with Gasteiger partial charge in [-0.25, -0.2) is 14.4 Å². The topological polar surface area (TPSA) is 141 Å². The van der Waals surface area contributed by atoms with Crippen LogP contribution in [-0.4, -0.2) is 27.3 Å². The van der Waals surface area contributed by atoms with Crippen LogP contribution < -0.4 is 15.8 Å². The second kappa shape index (κ2) is 11.7. The molecule has 5 rings (SSSR count). The summed E-state index contributed by atoms with van der Waals surface area (Å²) < 4.78 is 19.1. The zero-order valence-electron chi connectivity index (χ0n) is 20.6. The summed E-state index contributed by atoms with van der Waals surface area (Å²) in [5, 5.41) is 36.0. The lowest BCUT2D eigenvalue weighted by Crippen LogP contribution is -2.25. The Bertz CT molecular complexity index is 1560. The van der Waals surface area contributed by atoms with Crippen molar-refractivity contribution in [1.82, 2.24) is 9.97 Å². The number of aliphatic hydroxyl groups excluding tert-OH is 1. The quantitative estimate of drug-likeness (QED) is 0.222. The summed E-state index contributed by atoms with van der Waals surface area (Å²) in [4.78, 5) is 8.92. The van der Waals surface area contributed by atoms with Crippen molar-refractivity contribution < 1.29 is 14.2 Å². The number of aliphatic hydroxyl groups is 1. The molecule has 1 fully saturated rings. The van der Waals surface area contributed by atoms with Crippen molar-refractivity contribution in [3.8, 4) is 29.0 Å². The number of nitrogen functional groups attached to an aromatic ring is 1. The van der Waals surface area contributed by atoms with E-state index in [1.807, 2.05) is 5.38 Å². The Morgan fingerprint density at radius 2 is 1.82 bits per heavy atom. The molecule has 2 atom stereocenters. The van der Waals surface area contributed by atoms with Gasteiger partial charge in [-0.1, -0.05) is 23.9 Å². The minimum absolute atomic E-state index is 0.0420. The van der Waals surface area contributed by atoms with Crippen LogP contribution in [0.2, 0.25) is 0 Å². The number of halogens is 1.